The van der Waals surface area contributed by atoms with Gasteiger partial charge in [-0.2, -0.15) is 0 Å². The van der Waals surface area contributed by atoms with E-state index < -0.39 is 0 Å². The van der Waals surface area contributed by atoms with Crippen molar-refractivity contribution in [3.63, 3.8) is 0 Å². The normalized spacial score (nSPS) is 10.3. The summed E-state index contributed by atoms with van der Waals surface area (Å²) in [6, 6.07) is 12.0. The molecule has 0 heterocycles. The van der Waals surface area contributed by atoms with Crippen molar-refractivity contribution in [2.45, 2.75) is 13.8 Å². The Hall–Kier alpha value is -2.05. The third kappa shape index (κ3) is 5.47. The molecule has 2 aromatic rings. The molecule has 1 N–H and O–H groups in total. The smallest absolute Gasteiger partial charge is 0.262 e. The number of amides is 2. The Labute approximate surface area is 166 Å². The van der Waals surface area contributed by atoms with Gasteiger partial charge in [0.1, 0.15) is 5.75 Å². The Bertz CT molecular complexity index is 777. The first-order valence-corrected chi connectivity index (χ1v) is 9.38. The molecule has 0 unspecified atom stereocenters. The minimum absolute atomic E-state index is 0.0268. The molecule has 0 spiro atoms. The summed E-state index contributed by atoms with van der Waals surface area (Å²) in [4.78, 5) is 26.0. The molecule has 0 fully saturated rings. The van der Waals surface area contributed by atoms with Crippen LogP contribution < -0.4 is 10.1 Å². The molecule has 0 aromatic heterocycles. The van der Waals surface area contributed by atoms with Crippen LogP contribution in [0.25, 0.3) is 0 Å². The molecule has 0 aliphatic heterocycles. The number of hydrogen-bond donors (Lipinski definition) is 1. The second-order valence-electron chi connectivity index (χ2n) is 5.47. The lowest BCUT2D eigenvalue weighted by molar-refractivity contribution is -0.118. The summed E-state index contributed by atoms with van der Waals surface area (Å²) < 4.78 is 6.25. The number of carbonyl (C=O) groups is 2. The van der Waals surface area contributed by atoms with Crippen LogP contribution in [0.3, 0.4) is 0 Å². The van der Waals surface area contributed by atoms with Crippen molar-refractivity contribution in [1.82, 2.24) is 4.90 Å². The summed E-state index contributed by atoms with van der Waals surface area (Å²) >= 11 is 9.36. The minimum Gasteiger partial charge on any atom is -0.482 e. The van der Waals surface area contributed by atoms with Gasteiger partial charge < -0.3 is 15.0 Å². The summed E-state index contributed by atoms with van der Waals surface area (Å²) in [5.74, 6) is 0.0954. The van der Waals surface area contributed by atoms with Crippen LogP contribution >= 0.6 is 27.5 Å². The molecule has 2 amide bonds. The van der Waals surface area contributed by atoms with Gasteiger partial charge in [-0.05, 0) is 56.3 Å². The monoisotopic (exact) mass is 438 g/mol. The van der Waals surface area contributed by atoms with E-state index in [1.54, 1.807) is 47.4 Å². The Kier molecular flexibility index (Phi) is 7.48. The third-order valence-corrected chi connectivity index (χ3v) is 4.51. The first-order chi connectivity index (χ1) is 12.4. The van der Waals surface area contributed by atoms with E-state index in [0.717, 1.165) is 4.47 Å². The Balaban J connectivity index is 1.92. The zero-order valence-corrected chi connectivity index (χ0v) is 16.9. The summed E-state index contributed by atoms with van der Waals surface area (Å²) in [5.41, 5.74) is 1.18. The fourth-order valence-electron chi connectivity index (χ4n) is 2.32. The predicted octanol–water partition coefficient (Wildman–Crippen LogP) is 4.60. The lowest BCUT2D eigenvalue weighted by Crippen LogP contribution is -2.30. The van der Waals surface area contributed by atoms with E-state index in [0.29, 0.717) is 35.1 Å². The molecule has 0 atom stereocenters. The second-order valence-corrected chi connectivity index (χ2v) is 6.79. The highest BCUT2D eigenvalue weighted by molar-refractivity contribution is 9.10. The lowest BCUT2D eigenvalue weighted by Gasteiger charge is -2.18. The van der Waals surface area contributed by atoms with Crippen molar-refractivity contribution in [3.8, 4) is 5.75 Å². The highest BCUT2D eigenvalue weighted by atomic mass is 79.9. The van der Waals surface area contributed by atoms with Crippen molar-refractivity contribution in [3.05, 3.63) is 57.5 Å². The van der Waals surface area contributed by atoms with E-state index >= 15 is 0 Å². The Morgan fingerprint density at radius 2 is 1.77 bits per heavy atom. The van der Waals surface area contributed by atoms with E-state index in [1.165, 1.54) is 0 Å². The van der Waals surface area contributed by atoms with Crippen LogP contribution in [0.2, 0.25) is 5.02 Å². The van der Waals surface area contributed by atoms with Crippen molar-refractivity contribution in [2.24, 2.45) is 0 Å². The van der Waals surface area contributed by atoms with E-state index in [1.807, 2.05) is 13.8 Å². The molecule has 26 heavy (non-hydrogen) atoms. The van der Waals surface area contributed by atoms with Gasteiger partial charge >= 0.3 is 0 Å². The SMILES string of the molecule is CCN(CC)C(=O)c1ccc(NC(=O)COc2ccc(Br)cc2Cl)cc1. The topological polar surface area (TPSA) is 58.6 Å². The van der Waals surface area contributed by atoms with Crippen LogP contribution in [0.4, 0.5) is 5.69 Å². The molecular weight excluding hydrogens is 420 g/mol. The maximum atomic E-state index is 12.3. The molecule has 0 radical (unpaired) electrons. The van der Waals surface area contributed by atoms with Crippen LogP contribution in [-0.4, -0.2) is 36.4 Å². The van der Waals surface area contributed by atoms with E-state index in [2.05, 4.69) is 21.2 Å². The van der Waals surface area contributed by atoms with Crippen LogP contribution in [0, 0.1) is 0 Å². The molecule has 0 aliphatic rings. The molecule has 5 nitrogen and oxygen atoms in total. The van der Waals surface area contributed by atoms with Crippen LogP contribution in [0.15, 0.2) is 46.9 Å². The van der Waals surface area contributed by atoms with E-state index in [-0.39, 0.29) is 18.4 Å². The van der Waals surface area contributed by atoms with Crippen LogP contribution in [0.5, 0.6) is 5.75 Å². The predicted molar refractivity (Wildman–Crippen MR) is 107 cm³/mol. The lowest BCUT2D eigenvalue weighted by atomic mass is 10.2. The average Bonchev–Trinajstić information content (AvgIpc) is 2.62. The molecule has 138 valence electrons. The van der Waals surface area contributed by atoms with Gasteiger partial charge in [-0.15, -0.1) is 0 Å². The highest BCUT2D eigenvalue weighted by Gasteiger charge is 2.12. The van der Waals surface area contributed by atoms with Crippen molar-refractivity contribution < 1.29 is 14.3 Å². The summed E-state index contributed by atoms with van der Waals surface area (Å²) in [6.07, 6.45) is 0. The number of hydrogen-bond acceptors (Lipinski definition) is 3. The quantitative estimate of drug-likeness (QED) is 0.686. The average molecular weight is 440 g/mol. The number of rotatable bonds is 7. The molecule has 0 aliphatic carbocycles. The number of nitrogens with zero attached hydrogens (tertiary/aromatic N) is 1. The Morgan fingerprint density at radius 1 is 1.12 bits per heavy atom. The van der Waals surface area contributed by atoms with Gasteiger partial charge in [0.25, 0.3) is 11.8 Å². The van der Waals surface area contributed by atoms with Crippen molar-refractivity contribution >= 4 is 45.0 Å². The molecule has 0 saturated heterocycles. The molecule has 0 bridgehead atoms. The molecule has 7 heteroatoms. The third-order valence-electron chi connectivity index (χ3n) is 3.72. The van der Waals surface area contributed by atoms with Gasteiger partial charge in [0.15, 0.2) is 6.61 Å². The second kappa shape index (κ2) is 9.59. The number of benzene rings is 2. The van der Waals surface area contributed by atoms with Gasteiger partial charge in [0.2, 0.25) is 0 Å². The number of nitrogens with one attached hydrogen (secondary N) is 1. The fraction of sp³-hybridized carbons (Fsp3) is 0.263. The van der Waals surface area contributed by atoms with Crippen LogP contribution in [-0.2, 0) is 4.79 Å². The van der Waals surface area contributed by atoms with E-state index in [9.17, 15) is 9.59 Å². The number of carbonyl (C=O) groups excluding carboxylic acids is 2. The molecule has 2 aromatic carbocycles. The van der Waals surface area contributed by atoms with Gasteiger partial charge in [0, 0.05) is 28.8 Å². The Morgan fingerprint density at radius 3 is 2.35 bits per heavy atom. The number of ether oxygens (including phenoxy) is 1. The van der Waals surface area contributed by atoms with E-state index in [4.69, 9.17) is 16.3 Å². The highest BCUT2D eigenvalue weighted by Crippen LogP contribution is 2.27. The maximum absolute atomic E-state index is 12.3. The standard InChI is InChI=1S/C19H20BrClN2O3/c1-3-23(4-2)19(25)13-5-8-15(9-6-13)22-18(24)12-26-17-10-7-14(20)11-16(17)21/h5-11H,3-4,12H2,1-2H3,(H,22,24). The molecule has 0 saturated carbocycles. The largest absolute Gasteiger partial charge is 0.482 e. The zero-order valence-electron chi connectivity index (χ0n) is 14.6. The number of anilines is 1. The van der Waals surface area contributed by atoms with Gasteiger partial charge in [-0.3, -0.25) is 9.59 Å². The molecular formula is C19H20BrClN2O3. The van der Waals surface area contributed by atoms with Gasteiger partial charge in [-0.25, -0.2) is 0 Å². The minimum atomic E-state index is -0.313. The zero-order chi connectivity index (χ0) is 19.1. The van der Waals surface area contributed by atoms with Crippen molar-refractivity contribution in [1.29, 1.82) is 0 Å². The van der Waals surface area contributed by atoms with Gasteiger partial charge in [-0.1, -0.05) is 27.5 Å². The first-order valence-electron chi connectivity index (χ1n) is 8.21. The summed E-state index contributed by atoms with van der Waals surface area (Å²) in [6.45, 7) is 5.02. The maximum Gasteiger partial charge on any atom is 0.262 e. The number of halogens is 2. The van der Waals surface area contributed by atoms with Gasteiger partial charge in [0.05, 0.1) is 5.02 Å². The fourth-order valence-corrected chi connectivity index (χ4v) is 3.05. The van der Waals surface area contributed by atoms with Crippen molar-refractivity contribution in [2.75, 3.05) is 25.0 Å². The molecule has 2 rings (SSSR count). The van der Waals surface area contributed by atoms with Crippen LogP contribution in [0.1, 0.15) is 24.2 Å². The summed E-state index contributed by atoms with van der Waals surface area (Å²) in [7, 11) is 0. The first kappa shape index (κ1) is 20.3. The summed E-state index contributed by atoms with van der Waals surface area (Å²) in [5, 5.41) is 3.15.